The Balaban J connectivity index is 1.72. The number of ether oxygens (including phenoxy) is 2. The lowest BCUT2D eigenvalue weighted by Crippen LogP contribution is -2.20. The molecule has 1 aromatic heterocycles. The van der Waals surface area contributed by atoms with Gasteiger partial charge in [0.1, 0.15) is 11.5 Å². The highest BCUT2D eigenvalue weighted by molar-refractivity contribution is 6.00. The summed E-state index contributed by atoms with van der Waals surface area (Å²) in [5.41, 5.74) is 4.63. The van der Waals surface area contributed by atoms with Crippen LogP contribution in [-0.2, 0) is 6.42 Å². The van der Waals surface area contributed by atoms with Crippen molar-refractivity contribution in [1.29, 1.82) is 0 Å². The summed E-state index contributed by atoms with van der Waals surface area (Å²) in [6.45, 7) is 1.91. The van der Waals surface area contributed by atoms with Crippen LogP contribution in [0.4, 0.5) is 0 Å². The molecular formula is C22H22N2O3. The smallest absolute Gasteiger partial charge is 0.167 e. The molecule has 2 aromatic carbocycles. The van der Waals surface area contributed by atoms with E-state index in [1.165, 1.54) is 0 Å². The number of rotatable bonds is 4. The quantitative estimate of drug-likeness (QED) is 0.701. The average Bonchev–Trinajstić information content (AvgIpc) is 3.05. The number of benzene rings is 2. The lowest BCUT2D eigenvalue weighted by Gasteiger charge is -2.23. The second-order valence-electron chi connectivity index (χ2n) is 6.82. The number of aromatic nitrogens is 2. The van der Waals surface area contributed by atoms with Crippen LogP contribution in [0.3, 0.4) is 0 Å². The molecule has 0 aliphatic heterocycles. The Morgan fingerprint density at radius 2 is 1.52 bits per heavy atom. The molecule has 0 radical (unpaired) electrons. The molecule has 1 atom stereocenters. The number of carbonyl (C=O) groups excluding carboxylic acids is 1. The van der Waals surface area contributed by atoms with Gasteiger partial charge in [0.15, 0.2) is 5.78 Å². The van der Waals surface area contributed by atoms with E-state index in [4.69, 9.17) is 9.47 Å². The van der Waals surface area contributed by atoms with Gasteiger partial charge in [0.25, 0.3) is 0 Å². The SMILES string of the molecule is COc1ccc(C2CC(=O)c3c(C)nn(-c4ccc(OC)cc4)c3C2)cc1. The van der Waals surface area contributed by atoms with Gasteiger partial charge in [0.05, 0.1) is 36.9 Å². The zero-order chi connectivity index (χ0) is 19.0. The van der Waals surface area contributed by atoms with Crippen molar-refractivity contribution in [2.24, 2.45) is 0 Å². The molecular weight excluding hydrogens is 340 g/mol. The number of aryl methyl sites for hydroxylation is 1. The second-order valence-corrected chi connectivity index (χ2v) is 6.82. The van der Waals surface area contributed by atoms with Crippen LogP contribution in [0.25, 0.3) is 5.69 Å². The van der Waals surface area contributed by atoms with E-state index in [1.807, 2.05) is 60.1 Å². The lowest BCUT2D eigenvalue weighted by molar-refractivity contribution is 0.0963. The van der Waals surface area contributed by atoms with E-state index in [-0.39, 0.29) is 11.7 Å². The van der Waals surface area contributed by atoms with Crippen molar-refractivity contribution in [3.8, 4) is 17.2 Å². The zero-order valence-corrected chi connectivity index (χ0v) is 15.7. The molecule has 1 heterocycles. The second kappa shape index (κ2) is 6.91. The van der Waals surface area contributed by atoms with Crippen molar-refractivity contribution in [2.75, 3.05) is 14.2 Å². The highest BCUT2D eigenvalue weighted by atomic mass is 16.5. The number of carbonyl (C=O) groups is 1. The fourth-order valence-corrected chi connectivity index (χ4v) is 3.81. The van der Waals surface area contributed by atoms with Crippen molar-refractivity contribution in [3.05, 3.63) is 71.0 Å². The number of Topliss-reactive ketones (excluding diaryl/α,β-unsaturated/α-hetero) is 1. The number of hydrogen-bond donors (Lipinski definition) is 0. The molecule has 0 fully saturated rings. The van der Waals surface area contributed by atoms with Crippen LogP contribution in [0.15, 0.2) is 48.5 Å². The number of fused-ring (bicyclic) bond motifs is 1. The highest BCUT2D eigenvalue weighted by Crippen LogP contribution is 2.35. The first-order valence-electron chi connectivity index (χ1n) is 9.00. The van der Waals surface area contributed by atoms with Gasteiger partial charge in [-0.15, -0.1) is 0 Å². The van der Waals surface area contributed by atoms with Crippen molar-refractivity contribution >= 4 is 5.78 Å². The predicted molar refractivity (Wildman–Crippen MR) is 103 cm³/mol. The normalized spacial score (nSPS) is 16.1. The number of hydrogen-bond acceptors (Lipinski definition) is 4. The summed E-state index contributed by atoms with van der Waals surface area (Å²) >= 11 is 0. The fourth-order valence-electron chi connectivity index (χ4n) is 3.81. The third kappa shape index (κ3) is 3.10. The van der Waals surface area contributed by atoms with Gasteiger partial charge in [-0.2, -0.15) is 5.10 Å². The van der Waals surface area contributed by atoms with Gasteiger partial charge in [-0.25, -0.2) is 4.68 Å². The third-order valence-electron chi connectivity index (χ3n) is 5.21. The molecule has 3 aromatic rings. The van der Waals surface area contributed by atoms with Gasteiger partial charge in [-0.05, 0) is 61.2 Å². The Labute approximate surface area is 158 Å². The topological polar surface area (TPSA) is 53.3 Å². The van der Waals surface area contributed by atoms with E-state index < -0.39 is 0 Å². The molecule has 1 aliphatic rings. The summed E-state index contributed by atoms with van der Waals surface area (Å²) in [6.07, 6.45) is 1.29. The largest absolute Gasteiger partial charge is 0.497 e. The van der Waals surface area contributed by atoms with Crippen LogP contribution >= 0.6 is 0 Å². The molecule has 0 bridgehead atoms. The summed E-state index contributed by atoms with van der Waals surface area (Å²) in [5.74, 6) is 1.92. The molecule has 27 heavy (non-hydrogen) atoms. The van der Waals surface area contributed by atoms with Gasteiger partial charge < -0.3 is 9.47 Å². The molecule has 1 unspecified atom stereocenters. The Kier molecular flexibility index (Phi) is 4.44. The van der Waals surface area contributed by atoms with Crippen molar-refractivity contribution < 1.29 is 14.3 Å². The summed E-state index contributed by atoms with van der Waals surface area (Å²) in [7, 11) is 3.30. The molecule has 5 heteroatoms. The van der Waals surface area contributed by atoms with Crippen LogP contribution in [-0.4, -0.2) is 29.8 Å². The van der Waals surface area contributed by atoms with Crippen molar-refractivity contribution in [1.82, 2.24) is 9.78 Å². The molecule has 1 aliphatic carbocycles. The van der Waals surface area contributed by atoms with Gasteiger partial charge >= 0.3 is 0 Å². The molecule has 5 nitrogen and oxygen atoms in total. The van der Waals surface area contributed by atoms with Gasteiger partial charge in [0, 0.05) is 6.42 Å². The number of ketones is 1. The molecule has 0 spiro atoms. The van der Waals surface area contributed by atoms with Crippen LogP contribution in [0.5, 0.6) is 11.5 Å². The van der Waals surface area contributed by atoms with Crippen molar-refractivity contribution in [3.63, 3.8) is 0 Å². The first kappa shape index (κ1) is 17.3. The fraction of sp³-hybridized carbons (Fsp3) is 0.273. The van der Waals surface area contributed by atoms with E-state index in [2.05, 4.69) is 5.10 Å². The van der Waals surface area contributed by atoms with E-state index >= 15 is 0 Å². The Morgan fingerprint density at radius 1 is 0.926 bits per heavy atom. The Morgan fingerprint density at radius 3 is 2.11 bits per heavy atom. The third-order valence-corrected chi connectivity index (χ3v) is 5.21. The lowest BCUT2D eigenvalue weighted by atomic mass is 9.81. The maximum absolute atomic E-state index is 12.9. The highest BCUT2D eigenvalue weighted by Gasteiger charge is 2.32. The Hall–Kier alpha value is -3.08. The first-order chi connectivity index (χ1) is 13.1. The van der Waals surface area contributed by atoms with Gasteiger partial charge in [0.2, 0.25) is 0 Å². The minimum absolute atomic E-state index is 0.143. The summed E-state index contributed by atoms with van der Waals surface area (Å²) in [6, 6.07) is 15.7. The van der Waals surface area contributed by atoms with E-state index in [0.717, 1.165) is 46.1 Å². The van der Waals surface area contributed by atoms with E-state index in [1.54, 1.807) is 14.2 Å². The molecule has 0 saturated heterocycles. The molecule has 138 valence electrons. The van der Waals surface area contributed by atoms with Crippen molar-refractivity contribution in [2.45, 2.75) is 25.7 Å². The molecule has 4 rings (SSSR count). The number of methoxy groups -OCH3 is 2. The van der Waals surface area contributed by atoms with Crippen LogP contribution in [0.1, 0.15) is 39.6 Å². The average molecular weight is 362 g/mol. The maximum Gasteiger partial charge on any atom is 0.167 e. The van der Waals surface area contributed by atoms with Crippen LogP contribution in [0, 0.1) is 6.92 Å². The molecule has 0 N–H and O–H groups in total. The molecule has 0 saturated carbocycles. The van der Waals surface area contributed by atoms with Gasteiger partial charge in [-0.3, -0.25) is 4.79 Å². The maximum atomic E-state index is 12.9. The van der Waals surface area contributed by atoms with Crippen LogP contribution in [0.2, 0.25) is 0 Å². The summed E-state index contributed by atoms with van der Waals surface area (Å²) < 4.78 is 12.4. The zero-order valence-electron chi connectivity index (χ0n) is 15.7. The predicted octanol–water partition coefficient (Wildman–Crippen LogP) is 4.11. The van der Waals surface area contributed by atoms with E-state index in [0.29, 0.717) is 6.42 Å². The summed E-state index contributed by atoms with van der Waals surface area (Å²) in [5, 5.41) is 4.66. The molecule has 0 amide bonds. The van der Waals surface area contributed by atoms with Crippen LogP contribution < -0.4 is 9.47 Å². The van der Waals surface area contributed by atoms with Gasteiger partial charge in [-0.1, -0.05) is 12.1 Å². The monoisotopic (exact) mass is 362 g/mol. The first-order valence-corrected chi connectivity index (χ1v) is 9.00. The Bertz CT molecular complexity index is 972. The minimum atomic E-state index is 0.143. The number of nitrogens with zero attached hydrogens (tertiary/aromatic N) is 2. The standard InChI is InChI=1S/C22H22N2O3/c1-14-22-20(24(23-14)17-6-10-19(27-3)11-7-17)12-16(13-21(22)25)15-4-8-18(26-2)9-5-15/h4-11,16H,12-13H2,1-3H3. The minimum Gasteiger partial charge on any atom is -0.497 e. The summed E-state index contributed by atoms with van der Waals surface area (Å²) in [4.78, 5) is 12.9. The van der Waals surface area contributed by atoms with E-state index in [9.17, 15) is 4.79 Å².